The topological polar surface area (TPSA) is 71.4 Å². The summed E-state index contributed by atoms with van der Waals surface area (Å²) in [5.41, 5.74) is 4.26. The lowest BCUT2D eigenvalue weighted by molar-refractivity contribution is 0.0935. The number of nitriles is 1. The highest BCUT2D eigenvalue weighted by Gasteiger charge is 2.28. The van der Waals surface area contributed by atoms with E-state index < -0.39 is 0 Å². The Balaban J connectivity index is 1.48. The van der Waals surface area contributed by atoms with E-state index in [-0.39, 0.29) is 5.91 Å². The molecule has 8 heteroatoms. The highest BCUT2D eigenvalue weighted by atomic mass is 32.1. The number of nitrogens with zero attached hydrogens (tertiary/aromatic N) is 3. The third kappa shape index (κ3) is 6.56. The molecular formula is C26H35N5OS2. The number of carbonyl (C=O) groups is 1. The van der Waals surface area contributed by atoms with Gasteiger partial charge in [-0.3, -0.25) is 4.79 Å². The van der Waals surface area contributed by atoms with E-state index in [2.05, 4.69) is 50.3 Å². The summed E-state index contributed by atoms with van der Waals surface area (Å²) in [5, 5.41) is 20.5. The van der Waals surface area contributed by atoms with Gasteiger partial charge in [-0.05, 0) is 97.9 Å². The fraction of sp³-hybridized carbons (Fsp3) is 0.500. The zero-order chi connectivity index (χ0) is 24.7. The van der Waals surface area contributed by atoms with Crippen molar-refractivity contribution in [3.8, 4) is 6.07 Å². The highest BCUT2D eigenvalue weighted by molar-refractivity contribution is 7.80. The summed E-state index contributed by atoms with van der Waals surface area (Å²) in [7, 11) is 1.90. The number of likely N-dealkylation sites (tertiary alicyclic amines) is 1. The van der Waals surface area contributed by atoms with Gasteiger partial charge in [0.05, 0.1) is 11.6 Å². The van der Waals surface area contributed by atoms with Crippen molar-refractivity contribution in [1.82, 2.24) is 20.4 Å². The Hall–Kier alpha value is -2.47. The van der Waals surface area contributed by atoms with Gasteiger partial charge in [-0.25, -0.2) is 0 Å². The van der Waals surface area contributed by atoms with Gasteiger partial charge in [0.25, 0.3) is 5.91 Å². The standard InChI is InChI=1S/C26H35N5OS2/c1-18-13-22(15-27)14-19(2)24(18)25(32)29-9-5-20(3)30-10-6-23(7-11-30)31(26(33)28-4)16-21-8-12-34-17-21/h8,12-14,17,20,23H,5-7,9-11,16H2,1-4H3,(H,28,33)(H,29,32). The van der Waals surface area contributed by atoms with E-state index >= 15 is 0 Å². The van der Waals surface area contributed by atoms with Crippen molar-refractivity contribution in [2.45, 2.75) is 58.7 Å². The highest BCUT2D eigenvalue weighted by Crippen LogP contribution is 2.22. The van der Waals surface area contributed by atoms with Crippen LogP contribution in [0.5, 0.6) is 0 Å². The summed E-state index contributed by atoms with van der Waals surface area (Å²) in [4.78, 5) is 17.6. The molecule has 0 saturated carbocycles. The summed E-state index contributed by atoms with van der Waals surface area (Å²) in [6.45, 7) is 9.55. The van der Waals surface area contributed by atoms with Gasteiger partial charge in [0.2, 0.25) is 0 Å². The van der Waals surface area contributed by atoms with E-state index in [1.165, 1.54) is 5.56 Å². The molecule has 1 aliphatic rings. The number of amides is 1. The predicted molar refractivity (Wildman–Crippen MR) is 143 cm³/mol. The molecule has 1 saturated heterocycles. The van der Waals surface area contributed by atoms with Crippen LogP contribution in [-0.2, 0) is 6.54 Å². The van der Waals surface area contributed by atoms with E-state index in [9.17, 15) is 4.79 Å². The number of carbonyl (C=O) groups excluding carboxylic acids is 1. The van der Waals surface area contributed by atoms with Crippen LogP contribution in [-0.4, -0.2) is 59.6 Å². The van der Waals surface area contributed by atoms with Crippen LogP contribution in [0.15, 0.2) is 29.0 Å². The van der Waals surface area contributed by atoms with E-state index in [0.29, 0.717) is 29.8 Å². The third-order valence-corrected chi connectivity index (χ3v) is 7.88. The smallest absolute Gasteiger partial charge is 0.251 e. The first-order chi connectivity index (χ1) is 16.3. The van der Waals surface area contributed by atoms with Gasteiger partial charge in [-0.2, -0.15) is 16.6 Å². The Morgan fingerprint density at radius 2 is 2.00 bits per heavy atom. The summed E-state index contributed by atoms with van der Waals surface area (Å²) < 4.78 is 0. The minimum absolute atomic E-state index is 0.0601. The molecule has 2 N–H and O–H groups in total. The number of hydrogen-bond acceptors (Lipinski definition) is 5. The van der Waals surface area contributed by atoms with Crippen LogP contribution in [0.2, 0.25) is 0 Å². The van der Waals surface area contributed by atoms with Crippen LogP contribution >= 0.6 is 23.6 Å². The minimum atomic E-state index is -0.0601. The number of piperidine rings is 1. The Bertz CT molecular complexity index is 999. The minimum Gasteiger partial charge on any atom is -0.366 e. The Labute approximate surface area is 212 Å². The van der Waals surface area contributed by atoms with Crippen molar-refractivity contribution in [1.29, 1.82) is 5.26 Å². The van der Waals surface area contributed by atoms with Gasteiger partial charge in [-0.15, -0.1) is 0 Å². The van der Waals surface area contributed by atoms with Crippen LogP contribution in [0, 0.1) is 25.2 Å². The molecule has 1 amide bonds. The van der Waals surface area contributed by atoms with E-state index in [0.717, 1.165) is 55.1 Å². The van der Waals surface area contributed by atoms with Crippen molar-refractivity contribution >= 4 is 34.6 Å². The Morgan fingerprint density at radius 1 is 1.32 bits per heavy atom. The molecule has 0 aliphatic carbocycles. The largest absolute Gasteiger partial charge is 0.366 e. The molecular weight excluding hydrogens is 462 g/mol. The number of rotatable bonds is 8. The lowest BCUT2D eigenvalue weighted by Crippen LogP contribution is -2.51. The first-order valence-corrected chi connectivity index (χ1v) is 13.2. The van der Waals surface area contributed by atoms with Crippen molar-refractivity contribution in [2.75, 3.05) is 26.7 Å². The first kappa shape index (κ1) is 26.1. The van der Waals surface area contributed by atoms with Crippen molar-refractivity contribution in [2.24, 2.45) is 0 Å². The molecule has 2 heterocycles. The number of hydrogen-bond donors (Lipinski definition) is 2. The van der Waals surface area contributed by atoms with Crippen LogP contribution in [0.4, 0.5) is 0 Å². The second kappa shape index (κ2) is 12.3. The Kier molecular flexibility index (Phi) is 9.45. The molecule has 1 aromatic heterocycles. The molecule has 1 unspecified atom stereocenters. The zero-order valence-corrected chi connectivity index (χ0v) is 22.2. The van der Waals surface area contributed by atoms with Gasteiger partial charge >= 0.3 is 0 Å². The fourth-order valence-electron chi connectivity index (χ4n) is 4.78. The average Bonchev–Trinajstić information content (AvgIpc) is 3.35. The van der Waals surface area contributed by atoms with Crippen molar-refractivity contribution < 1.29 is 4.79 Å². The number of thiocarbonyl (C=S) groups is 1. The van der Waals surface area contributed by atoms with Crippen LogP contribution in [0.3, 0.4) is 0 Å². The number of aryl methyl sites for hydroxylation is 2. The van der Waals surface area contributed by atoms with Crippen LogP contribution in [0.25, 0.3) is 0 Å². The molecule has 0 spiro atoms. The molecule has 1 aromatic carbocycles. The van der Waals surface area contributed by atoms with Gasteiger partial charge in [-0.1, -0.05) is 0 Å². The van der Waals surface area contributed by atoms with Gasteiger partial charge in [0, 0.05) is 50.9 Å². The van der Waals surface area contributed by atoms with Crippen LogP contribution < -0.4 is 10.6 Å². The summed E-state index contributed by atoms with van der Waals surface area (Å²) in [6.07, 6.45) is 3.05. The molecule has 0 radical (unpaired) electrons. The number of thiophene rings is 1. The second-order valence-corrected chi connectivity index (χ2v) is 10.2. The fourth-order valence-corrected chi connectivity index (χ4v) is 5.65. The maximum absolute atomic E-state index is 12.8. The third-order valence-electron chi connectivity index (χ3n) is 6.71. The average molecular weight is 498 g/mol. The first-order valence-electron chi connectivity index (χ1n) is 11.9. The lowest BCUT2D eigenvalue weighted by atomic mass is 9.99. The molecule has 1 atom stereocenters. The molecule has 1 aliphatic heterocycles. The van der Waals surface area contributed by atoms with Gasteiger partial charge in [0.1, 0.15) is 0 Å². The number of nitrogens with one attached hydrogen (secondary N) is 2. The van der Waals surface area contributed by atoms with Gasteiger partial charge < -0.3 is 20.4 Å². The quantitative estimate of drug-likeness (QED) is 0.532. The van der Waals surface area contributed by atoms with E-state index in [1.54, 1.807) is 23.5 Å². The maximum Gasteiger partial charge on any atom is 0.251 e. The van der Waals surface area contributed by atoms with Crippen LogP contribution in [0.1, 0.15) is 58.8 Å². The maximum atomic E-state index is 12.8. The number of benzene rings is 1. The molecule has 182 valence electrons. The molecule has 0 bridgehead atoms. The Morgan fingerprint density at radius 3 is 2.56 bits per heavy atom. The molecule has 6 nitrogen and oxygen atoms in total. The summed E-state index contributed by atoms with van der Waals surface area (Å²) >= 11 is 7.34. The summed E-state index contributed by atoms with van der Waals surface area (Å²) in [5.74, 6) is -0.0601. The second-order valence-electron chi connectivity index (χ2n) is 9.07. The molecule has 2 aromatic rings. The van der Waals surface area contributed by atoms with Crippen molar-refractivity contribution in [3.63, 3.8) is 0 Å². The summed E-state index contributed by atoms with van der Waals surface area (Å²) in [6, 6.07) is 8.70. The zero-order valence-electron chi connectivity index (χ0n) is 20.6. The van der Waals surface area contributed by atoms with E-state index in [1.807, 2.05) is 20.9 Å². The molecule has 3 rings (SSSR count). The monoisotopic (exact) mass is 497 g/mol. The SMILES string of the molecule is CNC(=S)N(Cc1ccsc1)C1CCN(C(C)CCNC(=O)c2c(C)cc(C#N)cc2C)CC1. The predicted octanol–water partition coefficient (Wildman–Crippen LogP) is 4.22. The normalized spacial score (nSPS) is 15.4. The van der Waals surface area contributed by atoms with E-state index in [4.69, 9.17) is 17.5 Å². The van der Waals surface area contributed by atoms with Crippen molar-refractivity contribution in [3.05, 3.63) is 56.8 Å². The van der Waals surface area contributed by atoms with Gasteiger partial charge in [0.15, 0.2) is 5.11 Å². The lowest BCUT2D eigenvalue weighted by Gasteiger charge is -2.41. The molecule has 1 fully saturated rings. The molecule has 34 heavy (non-hydrogen) atoms.